The minimum absolute atomic E-state index is 0.137. The number of methoxy groups -OCH3 is 1. The van der Waals surface area contributed by atoms with Crippen molar-refractivity contribution >= 4 is 51.4 Å². The summed E-state index contributed by atoms with van der Waals surface area (Å²) in [6, 6.07) is 16.8. The van der Waals surface area contributed by atoms with Crippen molar-refractivity contribution < 1.29 is 4.74 Å². The van der Waals surface area contributed by atoms with Crippen LogP contribution in [0.5, 0.6) is 0 Å². The number of fused-ring (bicyclic) bond motifs is 3. The topological polar surface area (TPSA) is 134 Å². The zero-order chi connectivity index (χ0) is 25.7. The average Bonchev–Trinajstić information content (AvgIpc) is 3.43. The summed E-state index contributed by atoms with van der Waals surface area (Å²) in [5.41, 5.74) is 11.1. The SMILES string of the molecule is COC1C2=C(CCc3sc(-c4ccccc4N)c(C#N)c32)Nc2c(N=Nc3ccc(Cl)cc3)c(=O)[nH]n21. The first kappa shape index (κ1) is 23.2. The van der Waals surface area contributed by atoms with Gasteiger partial charge >= 0.3 is 0 Å². The Morgan fingerprint density at radius 2 is 1.97 bits per heavy atom. The van der Waals surface area contributed by atoms with E-state index in [2.05, 4.69) is 26.7 Å². The number of benzene rings is 2. The highest BCUT2D eigenvalue weighted by molar-refractivity contribution is 7.16. The Morgan fingerprint density at radius 1 is 1.19 bits per heavy atom. The number of aromatic amines is 1. The van der Waals surface area contributed by atoms with Crippen LogP contribution in [0.15, 0.2) is 69.3 Å². The van der Waals surface area contributed by atoms with Crippen molar-refractivity contribution in [3.63, 3.8) is 0 Å². The Labute approximate surface area is 220 Å². The van der Waals surface area contributed by atoms with Crippen molar-refractivity contribution in [3.05, 3.63) is 85.6 Å². The van der Waals surface area contributed by atoms with Gasteiger partial charge in [-0.1, -0.05) is 29.8 Å². The number of hydrogen-bond donors (Lipinski definition) is 3. The van der Waals surface area contributed by atoms with E-state index in [0.29, 0.717) is 34.2 Å². The average molecular weight is 530 g/mol. The first-order valence-electron chi connectivity index (χ1n) is 11.5. The summed E-state index contributed by atoms with van der Waals surface area (Å²) in [6.07, 6.45) is 0.754. The number of aromatic nitrogens is 2. The van der Waals surface area contributed by atoms with Gasteiger partial charge in [0.2, 0.25) is 0 Å². The Kier molecular flexibility index (Phi) is 5.68. The lowest BCUT2D eigenvalue weighted by atomic mass is 9.88. The molecule has 1 atom stereocenters. The number of nitrogens with zero attached hydrogens (tertiary/aromatic N) is 4. The molecule has 6 rings (SSSR count). The maximum absolute atomic E-state index is 12.9. The molecule has 4 aromatic rings. The lowest BCUT2D eigenvalue weighted by molar-refractivity contribution is 0.0819. The van der Waals surface area contributed by atoms with Crippen LogP contribution in [0.25, 0.3) is 16.0 Å². The van der Waals surface area contributed by atoms with Crippen LogP contribution in [0.3, 0.4) is 0 Å². The van der Waals surface area contributed by atoms with Crippen LogP contribution < -0.4 is 16.6 Å². The van der Waals surface area contributed by atoms with E-state index in [1.807, 2.05) is 24.3 Å². The molecule has 184 valence electrons. The number of thiophene rings is 1. The number of aryl methyl sites for hydroxylation is 1. The molecule has 2 aromatic carbocycles. The second kappa shape index (κ2) is 9.05. The number of H-pyrrole nitrogens is 1. The molecule has 9 nitrogen and oxygen atoms in total. The lowest BCUT2D eigenvalue weighted by Crippen LogP contribution is -2.27. The van der Waals surface area contributed by atoms with Gasteiger partial charge in [0.1, 0.15) is 6.07 Å². The van der Waals surface area contributed by atoms with E-state index in [9.17, 15) is 10.1 Å². The second-order valence-electron chi connectivity index (χ2n) is 8.59. The Morgan fingerprint density at radius 3 is 2.70 bits per heavy atom. The minimum Gasteiger partial charge on any atom is -0.398 e. The summed E-state index contributed by atoms with van der Waals surface area (Å²) in [6.45, 7) is 0. The highest BCUT2D eigenvalue weighted by Gasteiger charge is 2.38. The van der Waals surface area contributed by atoms with Gasteiger partial charge in [0, 0.05) is 45.1 Å². The van der Waals surface area contributed by atoms with Crippen LogP contribution in [-0.4, -0.2) is 16.9 Å². The minimum atomic E-state index is -0.667. The lowest BCUT2D eigenvalue weighted by Gasteiger charge is -2.33. The van der Waals surface area contributed by atoms with Crippen molar-refractivity contribution in [1.29, 1.82) is 5.26 Å². The summed E-state index contributed by atoms with van der Waals surface area (Å²) in [5, 5.41) is 25.5. The maximum Gasteiger partial charge on any atom is 0.294 e. The van der Waals surface area contributed by atoms with Gasteiger partial charge in [-0.25, -0.2) is 4.68 Å². The van der Waals surface area contributed by atoms with Crippen LogP contribution in [-0.2, 0) is 11.2 Å². The number of nitrogens with two attached hydrogens (primary N) is 1. The molecule has 11 heteroatoms. The highest BCUT2D eigenvalue weighted by Crippen LogP contribution is 2.51. The number of halogens is 1. The number of hydrogen-bond acceptors (Lipinski definition) is 8. The number of nitriles is 1. The van der Waals surface area contributed by atoms with Gasteiger partial charge < -0.3 is 15.8 Å². The fraction of sp³-hybridized carbons (Fsp3) is 0.154. The number of ether oxygens (including phenoxy) is 1. The van der Waals surface area contributed by atoms with Gasteiger partial charge in [0.15, 0.2) is 17.7 Å². The smallest absolute Gasteiger partial charge is 0.294 e. The number of rotatable bonds is 4. The molecule has 3 heterocycles. The number of azo groups is 1. The molecule has 4 N–H and O–H groups in total. The van der Waals surface area contributed by atoms with Gasteiger partial charge in [-0.15, -0.1) is 16.5 Å². The molecule has 0 fully saturated rings. The monoisotopic (exact) mass is 529 g/mol. The van der Waals surface area contributed by atoms with Gasteiger partial charge in [-0.05, 0) is 43.2 Å². The molecule has 2 aromatic heterocycles. The molecular weight excluding hydrogens is 510 g/mol. The number of anilines is 2. The highest BCUT2D eigenvalue weighted by atomic mass is 35.5. The summed E-state index contributed by atoms with van der Waals surface area (Å²) in [4.78, 5) is 14.8. The van der Waals surface area contributed by atoms with E-state index in [1.54, 1.807) is 47.4 Å². The second-order valence-corrected chi connectivity index (χ2v) is 10.1. The van der Waals surface area contributed by atoms with Gasteiger partial charge in [-0.3, -0.25) is 9.89 Å². The maximum atomic E-state index is 12.9. The Balaban J connectivity index is 1.46. The third kappa shape index (κ3) is 3.76. The summed E-state index contributed by atoms with van der Waals surface area (Å²) in [5.74, 6) is 0.457. The first-order valence-corrected chi connectivity index (χ1v) is 12.6. The van der Waals surface area contributed by atoms with E-state index < -0.39 is 11.8 Å². The molecule has 0 saturated carbocycles. The van der Waals surface area contributed by atoms with Crippen molar-refractivity contribution in [1.82, 2.24) is 9.78 Å². The molecule has 0 amide bonds. The van der Waals surface area contributed by atoms with Gasteiger partial charge in [0.25, 0.3) is 5.56 Å². The normalized spacial score (nSPS) is 16.2. The fourth-order valence-electron chi connectivity index (χ4n) is 4.80. The zero-order valence-electron chi connectivity index (χ0n) is 19.6. The van der Waals surface area contributed by atoms with E-state index in [-0.39, 0.29) is 5.69 Å². The zero-order valence-corrected chi connectivity index (χ0v) is 21.2. The standard InChI is InChI=1S/C26H20ClN7O2S/c1-36-26-21-18(10-11-19-20(21)16(12-28)23(37-19)15-4-2-3-5-17(15)29)30-24-22(25(35)33-34(24)26)32-31-14-8-6-13(27)7-9-14/h2-9,26,30H,10-11,29H2,1H3,(H,33,35). The van der Waals surface area contributed by atoms with Crippen LogP contribution in [0, 0.1) is 11.3 Å². The van der Waals surface area contributed by atoms with Gasteiger partial charge in [-0.2, -0.15) is 10.4 Å². The van der Waals surface area contributed by atoms with E-state index >= 15 is 0 Å². The summed E-state index contributed by atoms with van der Waals surface area (Å²) >= 11 is 7.52. The molecule has 0 bridgehead atoms. The molecule has 1 aliphatic heterocycles. The number of nitrogens with one attached hydrogen (secondary N) is 2. The molecule has 2 aliphatic rings. The van der Waals surface area contributed by atoms with E-state index in [1.165, 1.54) is 0 Å². The van der Waals surface area contributed by atoms with E-state index in [4.69, 9.17) is 22.1 Å². The first-order chi connectivity index (χ1) is 18.0. The molecule has 0 radical (unpaired) electrons. The third-order valence-electron chi connectivity index (χ3n) is 6.46. The van der Waals surface area contributed by atoms with Gasteiger partial charge in [0.05, 0.1) is 16.1 Å². The fourth-order valence-corrected chi connectivity index (χ4v) is 6.24. The Bertz CT molecular complexity index is 1710. The largest absolute Gasteiger partial charge is 0.398 e. The van der Waals surface area contributed by atoms with Crippen molar-refractivity contribution in [2.45, 2.75) is 19.1 Å². The Hall–Kier alpha value is -4.17. The predicted molar refractivity (Wildman–Crippen MR) is 144 cm³/mol. The van der Waals surface area contributed by atoms with Crippen molar-refractivity contribution in [3.8, 4) is 16.5 Å². The molecule has 0 spiro atoms. The van der Waals surface area contributed by atoms with Crippen molar-refractivity contribution in [2.24, 2.45) is 10.2 Å². The quantitative estimate of drug-likeness (QED) is 0.209. The molecular formula is C26H20ClN7O2S. The van der Waals surface area contributed by atoms with Crippen LogP contribution >= 0.6 is 22.9 Å². The van der Waals surface area contributed by atoms with Crippen LogP contribution in [0.4, 0.5) is 22.9 Å². The predicted octanol–water partition coefficient (Wildman–Crippen LogP) is 6.36. The molecule has 37 heavy (non-hydrogen) atoms. The van der Waals surface area contributed by atoms with Crippen LogP contribution in [0.1, 0.15) is 28.7 Å². The van der Waals surface area contributed by atoms with Crippen LogP contribution in [0.2, 0.25) is 5.02 Å². The number of allylic oxidation sites excluding steroid dienone is 1. The molecule has 0 saturated heterocycles. The van der Waals surface area contributed by atoms with Crippen molar-refractivity contribution in [2.75, 3.05) is 18.2 Å². The van der Waals surface area contributed by atoms with E-state index in [0.717, 1.165) is 38.6 Å². The summed E-state index contributed by atoms with van der Waals surface area (Å²) < 4.78 is 7.50. The number of nitrogen functional groups attached to an aromatic ring is 1. The molecule has 1 unspecified atom stereocenters. The number of para-hydroxylation sites is 1. The summed E-state index contributed by atoms with van der Waals surface area (Å²) in [7, 11) is 1.57. The molecule has 1 aliphatic carbocycles. The third-order valence-corrected chi connectivity index (χ3v) is 8.00.